The number of hydrogen-bond acceptors (Lipinski definition) is 4. The van der Waals surface area contributed by atoms with E-state index in [4.69, 9.17) is 16.3 Å². The zero-order valence-electron chi connectivity index (χ0n) is 16.0. The van der Waals surface area contributed by atoms with Gasteiger partial charge in [-0.3, -0.25) is 14.3 Å². The van der Waals surface area contributed by atoms with Gasteiger partial charge in [0.2, 0.25) is 0 Å². The van der Waals surface area contributed by atoms with Crippen LogP contribution in [0, 0.1) is 5.92 Å². The van der Waals surface area contributed by atoms with E-state index in [1.54, 1.807) is 18.0 Å². The van der Waals surface area contributed by atoms with Crippen molar-refractivity contribution in [1.82, 2.24) is 14.5 Å². The van der Waals surface area contributed by atoms with Crippen molar-refractivity contribution in [3.63, 3.8) is 0 Å². The van der Waals surface area contributed by atoms with Crippen molar-refractivity contribution in [2.24, 2.45) is 5.92 Å². The lowest BCUT2D eigenvalue weighted by Crippen LogP contribution is -2.36. The quantitative estimate of drug-likeness (QED) is 0.653. The standard InChI is InChI=1S/C22H24ClN3O2/c1-28-20-8-4-5-17(21(20)23)14-25-11-9-16(10-12-25)13-26-15-24-19-7-3-2-6-18(19)22(26)27/h2-8,15-16H,9-14H2,1H3. The monoisotopic (exact) mass is 397 g/mol. The van der Waals surface area contributed by atoms with Crippen LogP contribution in [0.25, 0.3) is 10.9 Å². The molecule has 2 heterocycles. The molecule has 0 N–H and O–H groups in total. The summed E-state index contributed by atoms with van der Waals surface area (Å²) in [4.78, 5) is 19.5. The number of nitrogens with zero attached hydrogens (tertiary/aromatic N) is 3. The van der Waals surface area contributed by atoms with Gasteiger partial charge in [-0.05, 0) is 55.6 Å². The molecule has 0 radical (unpaired) electrons. The Kier molecular flexibility index (Phi) is 5.64. The molecule has 2 aromatic carbocycles. The number of ether oxygens (including phenoxy) is 1. The molecule has 3 aromatic rings. The van der Waals surface area contributed by atoms with E-state index in [1.165, 1.54) is 0 Å². The number of methoxy groups -OCH3 is 1. The molecule has 1 saturated heterocycles. The van der Waals surface area contributed by atoms with E-state index < -0.39 is 0 Å². The van der Waals surface area contributed by atoms with Gasteiger partial charge in [0.25, 0.3) is 5.56 Å². The molecule has 0 amide bonds. The molecule has 0 saturated carbocycles. The molecule has 0 spiro atoms. The summed E-state index contributed by atoms with van der Waals surface area (Å²) in [6, 6.07) is 13.4. The zero-order valence-corrected chi connectivity index (χ0v) is 16.7. The minimum Gasteiger partial charge on any atom is -0.495 e. The SMILES string of the molecule is COc1cccc(CN2CCC(Cn3cnc4ccccc4c3=O)CC2)c1Cl. The van der Waals surface area contributed by atoms with Gasteiger partial charge in [0.1, 0.15) is 5.75 Å². The number of hydrogen-bond donors (Lipinski definition) is 0. The van der Waals surface area contributed by atoms with Gasteiger partial charge in [0.05, 0.1) is 29.4 Å². The molecule has 0 aliphatic carbocycles. The minimum atomic E-state index is 0.0520. The van der Waals surface area contributed by atoms with Crippen LogP contribution in [0.15, 0.2) is 53.6 Å². The Bertz CT molecular complexity index is 1030. The zero-order chi connectivity index (χ0) is 19.5. The average Bonchev–Trinajstić information content (AvgIpc) is 2.73. The van der Waals surface area contributed by atoms with E-state index in [1.807, 2.05) is 36.4 Å². The molecule has 0 atom stereocenters. The summed E-state index contributed by atoms with van der Waals surface area (Å²) in [6.45, 7) is 3.53. The van der Waals surface area contributed by atoms with Crippen molar-refractivity contribution in [2.75, 3.05) is 20.2 Å². The largest absolute Gasteiger partial charge is 0.495 e. The van der Waals surface area contributed by atoms with Gasteiger partial charge < -0.3 is 4.74 Å². The number of halogens is 1. The molecule has 5 nitrogen and oxygen atoms in total. The molecule has 146 valence electrons. The Morgan fingerprint density at radius 2 is 1.93 bits per heavy atom. The van der Waals surface area contributed by atoms with Gasteiger partial charge >= 0.3 is 0 Å². The van der Waals surface area contributed by atoms with Crippen molar-refractivity contribution < 1.29 is 4.74 Å². The Morgan fingerprint density at radius 3 is 2.71 bits per heavy atom. The van der Waals surface area contributed by atoms with Crippen LogP contribution < -0.4 is 10.3 Å². The maximum absolute atomic E-state index is 12.7. The molecule has 0 bridgehead atoms. The molecule has 6 heteroatoms. The fourth-order valence-electron chi connectivity index (χ4n) is 3.92. The van der Waals surface area contributed by atoms with Crippen molar-refractivity contribution in [3.8, 4) is 5.75 Å². The Labute approximate surface area is 169 Å². The predicted octanol–water partition coefficient (Wildman–Crippen LogP) is 3.97. The van der Waals surface area contributed by atoms with Crippen molar-refractivity contribution >= 4 is 22.5 Å². The third-order valence-corrected chi connectivity index (χ3v) is 5.98. The predicted molar refractivity (Wildman–Crippen MR) is 112 cm³/mol. The number of para-hydroxylation sites is 1. The topological polar surface area (TPSA) is 47.4 Å². The summed E-state index contributed by atoms with van der Waals surface area (Å²) < 4.78 is 7.08. The molecule has 4 rings (SSSR count). The first-order chi connectivity index (χ1) is 13.7. The summed E-state index contributed by atoms with van der Waals surface area (Å²) in [6.07, 6.45) is 3.80. The first-order valence-corrected chi connectivity index (χ1v) is 10.0. The van der Waals surface area contributed by atoms with Crippen molar-refractivity contribution in [1.29, 1.82) is 0 Å². The third-order valence-electron chi connectivity index (χ3n) is 5.55. The number of piperidine rings is 1. The lowest BCUT2D eigenvalue weighted by molar-refractivity contribution is 0.166. The normalized spacial score (nSPS) is 15.8. The van der Waals surface area contributed by atoms with Crippen LogP contribution >= 0.6 is 11.6 Å². The van der Waals surface area contributed by atoms with Crippen LogP contribution in [-0.2, 0) is 13.1 Å². The van der Waals surface area contributed by atoms with E-state index in [0.717, 1.165) is 55.9 Å². The molecule has 1 aliphatic heterocycles. The lowest BCUT2D eigenvalue weighted by atomic mass is 9.96. The molecule has 0 unspecified atom stereocenters. The van der Waals surface area contributed by atoms with Crippen molar-refractivity contribution in [2.45, 2.75) is 25.9 Å². The minimum absolute atomic E-state index is 0.0520. The molecular formula is C22H24ClN3O2. The number of aromatic nitrogens is 2. The highest BCUT2D eigenvalue weighted by Crippen LogP contribution is 2.30. The fraction of sp³-hybridized carbons (Fsp3) is 0.364. The highest BCUT2D eigenvalue weighted by molar-refractivity contribution is 6.32. The summed E-state index contributed by atoms with van der Waals surface area (Å²) in [7, 11) is 1.64. The molecule has 1 aliphatic rings. The summed E-state index contributed by atoms with van der Waals surface area (Å²) in [5.41, 5.74) is 1.90. The van der Waals surface area contributed by atoms with Gasteiger partial charge in [-0.1, -0.05) is 35.9 Å². The Balaban J connectivity index is 1.39. The van der Waals surface area contributed by atoms with Crippen LogP contribution in [0.2, 0.25) is 5.02 Å². The Hall–Kier alpha value is -2.37. The molecular weight excluding hydrogens is 374 g/mol. The maximum atomic E-state index is 12.7. The summed E-state index contributed by atoms with van der Waals surface area (Å²) in [5, 5.41) is 1.39. The Morgan fingerprint density at radius 1 is 1.14 bits per heavy atom. The second-order valence-electron chi connectivity index (χ2n) is 7.37. The van der Waals surface area contributed by atoms with E-state index in [-0.39, 0.29) is 5.56 Å². The van der Waals surface area contributed by atoms with Gasteiger partial charge in [-0.15, -0.1) is 0 Å². The second kappa shape index (κ2) is 8.33. The number of fused-ring (bicyclic) bond motifs is 1. The first kappa shape index (κ1) is 19.0. The first-order valence-electron chi connectivity index (χ1n) is 9.63. The molecule has 28 heavy (non-hydrogen) atoms. The van der Waals surface area contributed by atoms with E-state index in [0.29, 0.717) is 16.3 Å². The van der Waals surface area contributed by atoms with Gasteiger partial charge in [-0.25, -0.2) is 4.98 Å². The van der Waals surface area contributed by atoms with Gasteiger partial charge in [-0.2, -0.15) is 0 Å². The average molecular weight is 398 g/mol. The van der Waals surface area contributed by atoms with Crippen LogP contribution in [0.3, 0.4) is 0 Å². The van der Waals surface area contributed by atoms with Crippen LogP contribution in [-0.4, -0.2) is 34.7 Å². The van der Waals surface area contributed by atoms with Crippen LogP contribution in [0.4, 0.5) is 0 Å². The van der Waals surface area contributed by atoms with Crippen molar-refractivity contribution in [3.05, 3.63) is 69.7 Å². The summed E-state index contributed by atoms with van der Waals surface area (Å²) in [5.74, 6) is 1.20. The van der Waals surface area contributed by atoms with E-state index >= 15 is 0 Å². The number of likely N-dealkylation sites (tertiary alicyclic amines) is 1. The highest BCUT2D eigenvalue weighted by Gasteiger charge is 2.21. The highest BCUT2D eigenvalue weighted by atomic mass is 35.5. The molecule has 1 aromatic heterocycles. The summed E-state index contributed by atoms with van der Waals surface area (Å²) >= 11 is 6.43. The second-order valence-corrected chi connectivity index (χ2v) is 7.75. The third kappa shape index (κ3) is 3.91. The van der Waals surface area contributed by atoms with E-state index in [9.17, 15) is 4.79 Å². The van der Waals surface area contributed by atoms with Gasteiger partial charge in [0, 0.05) is 13.1 Å². The van der Waals surface area contributed by atoms with Crippen LogP contribution in [0.5, 0.6) is 5.75 Å². The molecule has 1 fully saturated rings. The lowest BCUT2D eigenvalue weighted by Gasteiger charge is -2.32. The maximum Gasteiger partial charge on any atom is 0.261 e. The number of benzene rings is 2. The number of rotatable bonds is 5. The van der Waals surface area contributed by atoms with Crippen LogP contribution in [0.1, 0.15) is 18.4 Å². The fourth-order valence-corrected chi connectivity index (χ4v) is 4.18. The van der Waals surface area contributed by atoms with Gasteiger partial charge in [0.15, 0.2) is 0 Å². The smallest absolute Gasteiger partial charge is 0.261 e. The van der Waals surface area contributed by atoms with E-state index in [2.05, 4.69) is 16.0 Å².